The smallest absolute Gasteiger partial charge is 0.356 e. The third kappa shape index (κ3) is 5.69. The highest BCUT2D eigenvalue weighted by atomic mass is 32.2. The molecule has 5 rings (SSSR count). The molecule has 9 nitrogen and oxygen atoms in total. The van der Waals surface area contributed by atoms with Crippen LogP contribution in [0.5, 0.6) is 0 Å². The molecular weight excluding hydrogens is 560 g/mol. The summed E-state index contributed by atoms with van der Waals surface area (Å²) in [6.45, 7) is 4.46. The summed E-state index contributed by atoms with van der Waals surface area (Å²) in [4.78, 5) is 35.4. The van der Waals surface area contributed by atoms with Crippen LogP contribution in [0.25, 0.3) is 21.6 Å². The lowest BCUT2D eigenvalue weighted by Gasteiger charge is -2.24. The van der Waals surface area contributed by atoms with Gasteiger partial charge in [0, 0.05) is 12.0 Å². The lowest BCUT2D eigenvalue weighted by molar-refractivity contribution is 0.0594. The van der Waals surface area contributed by atoms with Gasteiger partial charge in [-0.3, -0.25) is 9.00 Å². The Morgan fingerprint density at radius 2 is 1.80 bits per heavy atom. The third-order valence-corrected chi connectivity index (χ3v) is 8.23. The molecule has 1 atom stereocenters. The molecule has 0 radical (unpaired) electrons. The number of aryl methyl sites for hydroxylation is 2. The molecule has 210 valence electrons. The van der Waals surface area contributed by atoms with E-state index in [1.165, 1.54) is 18.4 Å². The third-order valence-electron chi connectivity index (χ3n) is 6.62. The van der Waals surface area contributed by atoms with E-state index in [0.717, 1.165) is 45.2 Å². The standard InChI is InChI=1S/C30H28N4O5S2/c1-4-8-25-32-26-19(2)17-23(30(36)39-3)31-28(26)33(25)18-20-11-13-21(14-12-20)27-24(15-16-40-27)34(41(37)38)29(35)22-9-6-5-7-10-22/h5-7,9-17H,4,8,18H2,1-3H3,(H,37,38)/p-1. The summed E-state index contributed by atoms with van der Waals surface area (Å²) in [5, 5.41) is 1.76. The number of carbonyl (C=O) groups excluding carboxylic acids is 2. The normalized spacial score (nSPS) is 11.9. The minimum atomic E-state index is -2.81. The number of imidazole rings is 1. The van der Waals surface area contributed by atoms with Gasteiger partial charge in [0.1, 0.15) is 11.3 Å². The zero-order valence-corrected chi connectivity index (χ0v) is 24.3. The number of esters is 1. The van der Waals surface area contributed by atoms with E-state index < -0.39 is 23.1 Å². The Morgan fingerprint density at radius 3 is 2.46 bits per heavy atom. The van der Waals surface area contributed by atoms with Crippen molar-refractivity contribution >= 4 is 51.3 Å². The lowest BCUT2D eigenvalue weighted by atomic mass is 10.1. The van der Waals surface area contributed by atoms with Crippen LogP contribution in [0.1, 0.15) is 51.1 Å². The van der Waals surface area contributed by atoms with Gasteiger partial charge in [-0.2, -0.15) is 0 Å². The monoisotopic (exact) mass is 587 g/mol. The molecule has 0 aliphatic heterocycles. The molecule has 2 aromatic carbocycles. The predicted octanol–water partition coefficient (Wildman–Crippen LogP) is 5.70. The second kappa shape index (κ2) is 12.1. The van der Waals surface area contributed by atoms with Crippen molar-refractivity contribution in [3.8, 4) is 10.4 Å². The molecule has 0 bridgehead atoms. The number of carbonyl (C=O) groups is 2. The van der Waals surface area contributed by atoms with Crippen LogP contribution in [0.15, 0.2) is 72.1 Å². The Morgan fingerprint density at radius 1 is 1.07 bits per heavy atom. The SMILES string of the molecule is CCCc1nc2c(C)cc(C(=O)OC)nc2n1Cc1ccc(-c2sccc2N(C(=O)c2ccccc2)S(=O)[O-])cc1. The Bertz CT molecular complexity index is 1750. The number of hydrogen-bond donors (Lipinski definition) is 0. The van der Waals surface area contributed by atoms with Crippen LogP contribution in [0.2, 0.25) is 0 Å². The number of amides is 1. The highest BCUT2D eigenvalue weighted by Crippen LogP contribution is 2.37. The van der Waals surface area contributed by atoms with Crippen LogP contribution < -0.4 is 4.31 Å². The molecule has 11 heteroatoms. The van der Waals surface area contributed by atoms with Crippen molar-refractivity contribution in [3.05, 3.63) is 100 Å². The van der Waals surface area contributed by atoms with E-state index in [2.05, 4.69) is 11.9 Å². The maximum atomic E-state index is 13.1. The first-order valence-electron chi connectivity index (χ1n) is 12.9. The van der Waals surface area contributed by atoms with E-state index in [9.17, 15) is 18.4 Å². The number of thiophene rings is 1. The maximum absolute atomic E-state index is 13.1. The van der Waals surface area contributed by atoms with E-state index in [4.69, 9.17) is 9.72 Å². The van der Waals surface area contributed by atoms with Crippen LogP contribution in [-0.4, -0.2) is 42.3 Å². The average Bonchev–Trinajstić information content (AvgIpc) is 3.59. The van der Waals surface area contributed by atoms with Crippen LogP contribution in [-0.2, 0) is 29.0 Å². The van der Waals surface area contributed by atoms with Crippen molar-refractivity contribution in [3.63, 3.8) is 0 Å². The van der Waals surface area contributed by atoms with Gasteiger partial charge in [0.15, 0.2) is 11.3 Å². The first-order valence-corrected chi connectivity index (χ1v) is 14.8. The Kier molecular flexibility index (Phi) is 8.39. The highest BCUT2D eigenvalue weighted by Gasteiger charge is 2.23. The zero-order valence-electron chi connectivity index (χ0n) is 22.7. The second-order valence-corrected chi connectivity index (χ2v) is 11.1. The van der Waals surface area contributed by atoms with Gasteiger partial charge in [-0.05, 0) is 59.7 Å². The molecule has 0 spiro atoms. The van der Waals surface area contributed by atoms with Gasteiger partial charge in [-0.1, -0.05) is 49.4 Å². The number of aromatic nitrogens is 3. The molecule has 0 N–H and O–H groups in total. The lowest BCUT2D eigenvalue weighted by Crippen LogP contribution is -2.32. The molecule has 0 fully saturated rings. The number of hydrogen-bond acceptors (Lipinski definition) is 8. The zero-order chi connectivity index (χ0) is 29.1. The predicted molar refractivity (Wildman–Crippen MR) is 159 cm³/mol. The number of methoxy groups -OCH3 is 1. The molecule has 0 aliphatic carbocycles. The van der Waals surface area contributed by atoms with E-state index >= 15 is 0 Å². The average molecular weight is 588 g/mol. The van der Waals surface area contributed by atoms with Gasteiger partial charge >= 0.3 is 5.97 Å². The number of pyridine rings is 1. The van der Waals surface area contributed by atoms with Gasteiger partial charge in [-0.15, -0.1) is 11.3 Å². The van der Waals surface area contributed by atoms with E-state index in [0.29, 0.717) is 22.8 Å². The van der Waals surface area contributed by atoms with Crippen molar-refractivity contribution in [2.45, 2.75) is 33.2 Å². The van der Waals surface area contributed by atoms with Crippen molar-refractivity contribution in [1.29, 1.82) is 0 Å². The minimum absolute atomic E-state index is 0.229. The number of nitrogens with zero attached hydrogens (tertiary/aromatic N) is 4. The van der Waals surface area contributed by atoms with Crippen molar-refractivity contribution in [2.24, 2.45) is 0 Å². The fourth-order valence-electron chi connectivity index (χ4n) is 4.65. The number of anilines is 1. The minimum Gasteiger partial charge on any atom is -0.755 e. The number of benzene rings is 2. The van der Waals surface area contributed by atoms with Crippen LogP contribution in [0, 0.1) is 6.92 Å². The Labute approximate surface area is 243 Å². The van der Waals surface area contributed by atoms with Crippen LogP contribution >= 0.6 is 11.3 Å². The van der Waals surface area contributed by atoms with Crippen molar-refractivity contribution in [1.82, 2.24) is 14.5 Å². The van der Waals surface area contributed by atoms with Gasteiger partial charge in [-0.25, -0.2) is 19.1 Å². The summed E-state index contributed by atoms with van der Waals surface area (Å²) in [6.07, 6.45) is 1.64. The molecule has 3 aromatic heterocycles. The highest BCUT2D eigenvalue weighted by molar-refractivity contribution is 7.81. The molecular formula is C30H27N4O5S2-. The van der Waals surface area contributed by atoms with Crippen LogP contribution in [0.3, 0.4) is 0 Å². The summed E-state index contributed by atoms with van der Waals surface area (Å²) in [6, 6.07) is 19.3. The van der Waals surface area contributed by atoms with Crippen molar-refractivity contribution < 1.29 is 23.1 Å². The molecule has 1 amide bonds. The molecule has 0 saturated heterocycles. The first-order chi connectivity index (χ1) is 19.8. The second-order valence-electron chi connectivity index (χ2n) is 9.37. The number of ether oxygens (including phenoxy) is 1. The number of rotatable bonds is 9. The summed E-state index contributed by atoms with van der Waals surface area (Å²) in [5.74, 6) is -0.257. The Balaban J connectivity index is 1.48. The van der Waals surface area contributed by atoms with E-state index in [1.54, 1.807) is 47.8 Å². The fraction of sp³-hybridized carbons (Fsp3) is 0.200. The number of fused-ring (bicyclic) bond motifs is 1. The molecule has 1 unspecified atom stereocenters. The summed E-state index contributed by atoms with van der Waals surface area (Å²) in [7, 11) is 1.33. The first kappa shape index (κ1) is 28.3. The quantitative estimate of drug-likeness (QED) is 0.160. The van der Waals surface area contributed by atoms with Gasteiger partial charge in [0.25, 0.3) is 5.91 Å². The summed E-state index contributed by atoms with van der Waals surface area (Å²) >= 11 is -1.45. The molecule has 41 heavy (non-hydrogen) atoms. The Hall–Kier alpha value is -4.19. The molecule has 3 heterocycles. The van der Waals surface area contributed by atoms with E-state index in [-0.39, 0.29) is 11.3 Å². The van der Waals surface area contributed by atoms with Gasteiger partial charge < -0.3 is 13.9 Å². The van der Waals surface area contributed by atoms with Gasteiger partial charge in [0.05, 0.1) is 35.5 Å². The fourth-order valence-corrected chi connectivity index (χ4v) is 6.15. The van der Waals surface area contributed by atoms with Gasteiger partial charge in [0.2, 0.25) is 0 Å². The molecule has 5 aromatic rings. The molecule has 0 aliphatic rings. The molecule has 0 saturated carbocycles. The van der Waals surface area contributed by atoms with Crippen LogP contribution in [0.4, 0.5) is 5.69 Å². The summed E-state index contributed by atoms with van der Waals surface area (Å²) in [5.41, 5.74) is 4.76. The van der Waals surface area contributed by atoms with E-state index in [1.807, 2.05) is 35.8 Å². The largest absolute Gasteiger partial charge is 0.755 e. The van der Waals surface area contributed by atoms with Crippen molar-refractivity contribution in [2.75, 3.05) is 11.4 Å². The maximum Gasteiger partial charge on any atom is 0.356 e. The topological polar surface area (TPSA) is 117 Å². The summed E-state index contributed by atoms with van der Waals surface area (Å²) < 4.78 is 32.1.